The third-order valence-corrected chi connectivity index (χ3v) is 4.71. The van der Waals surface area contributed by atoms with Crippen LogP contribution in [0.5, 0.6) is 0 Å². The van der Waals surface area contributed by atoms with Crippen LogP contribution in [-0.4, -0.2) is 8.42 Å². The molecule has 0 aromatic heterocycles. The van der Waals surface area contributed by atoms with E-state index in [1.54, 1.807) is 49.4 Å². The zero-order valence-corrected chi connectivity index (χ0v) is 12.8. The van der Waals surface area contributed by atoms with E-state index in [0.717, 1.165) is 5.56 Å². The Morgan fingerprint density at radius 2 is 1.85 bits per heavy atom. The molecule has 1 N–H and O–H groups in total. The van der Waals surface area contributed by atoms with Crippen LogP contribution in [0.3, 0.4) is 0 Å². The van der Waals surface area contributed by atoms with Gasteiger partial charge in [0.15, 0.2) is 0 Å². The van der Waals surface area contributed by atoms with Crippen molar-refractivity contribution in [3.8, 4) is 0 Å². The highest BCUT2D eigenvalue weighted by Gasteiger charge is 2.18. The van der Waals surface area contributed by atoms with Gasteiger partial charge in [0, 0.05) is 11.1 Å². The maximum atomic E-state index is 12.3. The van der Waals surface area contributed by atoms with Crippen LogP contribution in [0, 0.1) is 13.0 Å². The average Bonchev–Trinajstić information content (AvgIpc) is 2.38. The Kier molecular flexibility index (Phi) is 4.48. The van der Waals surface area contributed by atoms with Crippen molar-refractivity contribution in [2.45, 2.75) is 24.8 Å². The summed E-state index contributed by atoms with van der Waals surface area (Å²) in [6.45, 7) is 3.67. The third-order valence-electron chi connectivity index (χ3n) is 2.92. The van der Waals surface area contributed by atoms with Crippen molar-refractivity contribution < 1.29 is 8.42 Å². The van der Waals surface area contributed by atoms with E-state index in [1.165, 1.54) is 0 Å². The van der Waals surface area contributed by atoms with Crippen molar-refractivity contribution in [2.24, 2.45) is 0 Å². The molecular formula is C15H15ClNO2S. The lowest BCUT2D eigenvalue weighted by atomic mass is 10.1. The van der Waals surface area contributed by atoms with Gasteiger partial charge < -0.3 is 0 Å². The monoisotopic (exact) mass is 308 g/mol. The Balaban J connectivity index is 2.22. The van der Waals surface area contributed by atoms with E-state index in [1.807, 2.05) is 6.92 Å². The van der Waals surface area contributed by atoms with Crippen molar-refractivity contribution in [1.82, 2.24) is 4.72 Å². The molecular weight excluding hydrogens is 294 g/mol. The van der Waals surface area contributed by atoms with Gasteiger partial charge in [-0.1, -0.05) is 35.4 Å². The normalized spacial score (nSPS) is 13.2. The summed E-state index contributed by atoms with van der Waals surface area (Å²) in [5.41, 5.74) is 1.72. The van der Waals surface area contributed by atoms with Gasteiger partial charge in [-0.3, -0.25) is 0 Å². The molecule has 0 saturated heterocycles. The molecule has 1 radical (unpaired) electrons. The SMILES string of the molecule is Cc1ccc(S(=O)(=O)N[C@@H](C)c2[c]ccc(Cl)c2)cc1. The van der Waals surface area contributed by atoms with E-state index in [2.05, 4.69) is 10.8 Å². The first kappa shape index (κ1) is 15.0. The van der Waals surface area contributed by atoms with Gasteiger partial charge in [0.1, 0.15) is 0 Å². The van der Waals surface area contributed by atoms with Gasteiger partial charge >= 0.3 is 0 Å². The lowest BCUT2D eigenvalue weighted by Gasteiger charge is -2.14. The molecule has 0 aliphatic carbocycles. The number of sulfonamides is 1. The molecule has 0 heterocycles. The highest BCUT2D eigenvalue weighted by molar-refractivity contribution is 7.89. The molecule has 3 nitrogen and oxygen atoms in total. The van der Waals surface area contributed by atoms with Gasteiger partial charge in [-0.15, -0.1) is 0 Å². The summed E-state index contributed by atoms with van der Waals surface area (Å²) < 4.78 is 27.1. The molecule has 0 fully saturated rings. The summed E-state index contributed by atoms with van der Waals surface area (Å²) in [4.78, 5) is 0.247. The number of halogens is 1. The molecule has 20 heavy (non-hydrogen) atoms. The fourth-order valence-electron chi connectivity index (χ4n) is 1.79. The van der Waals surface area contributed by atoms with Crippen LogP contribution in [0.2, 0.25) is 5.02 Å². The second-order valence-corrected chi connectivity index (χ2v) is 6.77. The molecule has 0 bridgehead atoms. The molecule has 0 aliphatic heterocycles. The fraction of sp³-hybridized carbons (Fsp3) is 0.200. The lowest BCUT2D eigenvalue weighted by molar-refractivity contribution is 0.567. The van der Waals surface area contributed by atoms with Gasteiger partial charge in [0.2, 0.25) is 10.0 Å². The van der Waals surface area contributed by atoms with Gasteiger partial charge in [-0.05, 0) is 49.7 Å². The molecule has 5 heteroatoms. The molecule has 2 aromatic rings. The topological polar surface area (TPSA) is 46.2 Å². The molecule has 2 aromatic carbocycles. The maximum absolute atomic E-state index is 12.3. The number of benzene rings is 2. The Labute approximate surface area is 124 Å². The Morgan fingerprint density at radius 3 is 2.45 bits per heavy atom. The number of aryl methyl sites for hydroxylation is 1. The van der Waals surface area contributed by atoms with Crippen LogP contribution in [0.25, 0.3) is 0 Å². The van der Waals surface area contributed by atoms with Crippen LogP contribution in [-0.2, 0) is 10.0 Å². The lowest BCUT2D eigenvalue weighted by Crippen LogP contribution is -2.26. The molecule has 0 unspecified atom stereocenters. The van der Waals surface area contributed by atoms with E-state index >= 15 is 0 Å². The van der Waals surface area contributed by atoms with Crippen molar-refractivity contribution in [1.29, 1.82) is 0 Å². The van der Waals surface area contributed by atoms with Gasteiger partial charge in [-0.25, -0.2) is 13.1 Å². The van der Waals surface area contributed by atoms with Crippen LogP contribution in [0.15, 0.2) is 47.4 Å². The first-order valence-corrected chi connectivity index (χ1v) is 8.01. The Hall–Kier alpha value is -1.36. The van der Waals surface area contributed by atoms with Crippen molar-refractivity contribution in [3.63, 3.8) is 0 Å². The Bertz CT molecular complexity index is 696. The van der Waals surface area contributed by atoms with Crippen molar-refractivity contribution in [2.75, 3.05) is 0 Å². The standard InChI is InChI=1S/C15H15ClNO2S/c1-11-6-8-15(9-7-11)20(18,19)17-12(2)13-4-3-5-14(16)10-13/h3,5-10,12,17H,1-2H3/t12-/m0/s1. The van der Waals surface area contributed by atoms with Crippen LogP contribution in [0.1, 0.15) is 24.1 Å². The Morgan fingerprint density at radius 1 is 1.20 bits per heavy atom. The molecule has 0 spiro atoms. The van der Waals surface area contributed by atoms with Crippen LogP contribution < -0.4 is 4.72 Å². The van der Waals surface area contributed by atoms with Crippen molar-refractivity contribution in [3.05, 3.63) is 64.7 Å². The summed E-state index contributed by atoms with van der Waals surface area (Å²) in [5.74, 6) is 0. The predicted octanol–water partition coefficient (Wildman–Crippen LogP) is 3.49. The number of rotatable bonds is 4. The van der Waals surface area contributed by atoms with Crippen molar-refractivity contribution >= 4 is 21.6 Å². The first-order chi connectivity index (χ1) is 9.38. The molecule has 0 aliphatic rings. The highest BCUT2D eigenvalue weighted by Crippen LogP contribution is 2.19. The number of hydrogen-bond acceptors (Lipinski definition) is 2. The second kappa shape index (κ2) is 5.95. The summed E-state index contributed by atoms with van der Waals surface area (Å²) in [6.07, 6.45) is 0. The summed E-state index contributed by atoms with van der Waals surface area (Å²) >= 11 is 5.90. The quantitative estimate of drug-likeness (QED) is 0.940. The smallest absolute Gasteiger partial charge is 0.207 e. The second-order valence-electron chi connectivity index (χ2n) is 4.62. The molecule has 105 valence electrons. The van der Waals surface area contributed by atoms with E-state index in [-0.39, 0.29) is 4.90 Å². The van der Waals surface area contributed by atoms with E-state index < -0.39 is 16.1 Å². The highest BCUT2D eigenvalue weighted by atomic mass is 35.5. The minimum Gasteiger partial charge on any atom is -0.207 e. The molecule has 1 atom stereocenters. The molecule has 0 amide bonds. The largest absolute Gasteiger partial charge is 0.241 e. The summed E-state index contributed by atoms with van der Waals surface area (Å²) in [5, 5.41) is 0.556. The van der Waals surface area contributed by atoms with Crippen LogP contribution >= 0.6 is 11.6 Å². The van der Waals surface area contributed by atoms with Gasteiger partial charge in [0.05, 0.1) is 4.90 Å². The van der Waals surface area contributed by atoms with E-state index in [4.69, 9.17) is 11.6 Å². The fourth-order valence-corrected chi connectivity index (χ4v) is 3.19. The minimum atomic E-state index is -3.55. The summed E-state index contributed by atoms with van der Waals surface area (Å²) in [6, 6.07) is 14.4. The van der Waals surface area contributed by atoms with Gasteiger partial charge in [-0.2, -0.15) is 0 Å². The van der Waals surface area contributed by atoms with Crippen LogP contribution in [0.4, 0.5) is 0 Å². The number of nitrogens with one attached hydrogen (secondary N) is 1. The molecule has 0 saturated carbocycles. The van der Waals surface area contributed by atoms with E-state index in [0.29, 0.717) is 10.6 Å². The third kappa shape index (κ3) is 3.60. The number of hydrogen-bond donors (Lipinski definition) is 1. The molecule has 2 rings (SSSR count). The predicted molar refractivity (Wildman–Crippen MR) is 80.2 cm³/mol. The van der Waals surface area contributed by atoms with Gasteiger partial charge in [0.25, 0.3) is 0 Å². The van der Waals surface area contributed by atoms with E-state index in [9.17, 15) is 8.42 Å². The maximum Gasteiger partial charge on any atom is 0.241 e. The minimum absolute atomic E-state index is 0.247. The first-order valence-electron chi connectivity index (χ1n) is 6.14. The average molecular weight is 309 g/mol. The summed E-state index contributed by atoms with van der Waals surface area (Å²) in [7, 11) is -3.55. The zero-order valence-electron chi connectivity index (χ0n) is 11.2. The zero-order chi connectivity index (χ0) is 14.8.